The van der Waals surface area contributed by atoms with Gasteiger partial charge in [0.05, 0.1) is 4.47 Å². The van der Waals surface area contributed by atoms with Gasteiger partial charge in [0.15, 0.2) is 0 Å². The maximum atomic E-state index is 13.2. The number of halogens is 2. The van der Waals surface area contributed by atoms with E-state index in [0.717, 1.165) is 5.56 Å². The Morgan fingerprint density at radius 1 is 1.40 bits per heavy atom. The standard InChI is InChI=1S/C15H22BrFN2O/c1-10(11-5-6-13(17)12(16)9-11)18-8-7-14(20)19-15(2,3)4/h5-6,9-10,18H,7-8H2,1-4H3,(H,19,20). The molecule has 5 heteroatoms. The normalized spacial score (nSPS) is 13.1. The second-order valence-electron chi connectivity index (χ2n) is 5.90. The summed E-state index contributed by atoms with van der Waals surface area (Å²) in [6, 6.07) is 4.99. The number of amides is 1. The zero-order chi connectivity index (χ0) is 15.3. The van der Waals surface area contributed by atoms with Gasteiger partial charge in [-0.2, -0.15) is 0 Å². The van der Waals surface area contributed by atoms with Gasteiger partial charge in [-0.3, -0.25) is 4.79 Å². The van der Waals surface area contributed by atoms with Gasteiger partial charge in [0, 0.05) is 24.5 Å². The molecule has 1 aromatic carbocycles. The Kier molecular flexibility index (Phi) is 6.14. The van der Waals surface area contributed by atoms with Crippen LogP contribution >= 0.6 is 15.9 Å². The highest BCUT2D eigenvalue weighted by atomic mass is 79.9. The number of carbonyl (C=O) groups excluding carboxylic acids is 1. The van der Waals surface area contributed by atoms with Crippen LogP contribution in [0.1, 0.15) is 45.7 Å². The highest BCUT2D eigenvalue weighted by Gasteiger charge is 2.14. The van der Waals surface area contributed by atoms with Gasteiger partial charge in [0.1, 0.15) is 5.82 Å². The minimum Gasteiger partial charge on any atom is -0.351 e. The highest BCUT2D eigenvalue weighted by molar-refractivity contribution is 9.10. The predicted octanol–water partition coefficient (Wildman–Crippen LogP) is 3.54. The third kappa shape index (κ3) is 6.01. The molecule has 0 aliphatic heterocycles. The molecule has 2 N–H and O–H groups in total. The first-order valence-electron chi connectivity index (χ1n) is 6.68. The van der Waals surface area contributed by atoms with Crippen molar-refractivity contribution >= 4 is 21.8 Å². The predicted molar refractivity (Wildman–Crippen MR) is 83.0 cm³/mol. The Hall–Kier alpha value is -0.940. The molecule has 0 aromatic heterocycles. The first-order chi connectivity index (χ1) is 9.19. The average Bonchev–Trinajstić information content (AvgIpc) is 2.30. The molecular formula is C15H22BrFN2O. The zero-order valence-electron chi connectivity index (χ0n) is 12.4. The van der Waals surface area contributed by atoms with Crippen LogP contribution in [0.25, 0.3) is 0 Å². The largest absolute Gasteiger partial charge is 0.351 e. The van der Waals surface area contributed by atoms with Crippen molar-refractivity contribution in [2.24, 2.45) is 0 Å². The fraction of sp³-hybridized carbons (Fsp3) is 0.533. The molecule has 0 fully saturated rings. The van der Waals surface area contributed by atoms with Crippen LogP contribution in [0.4, 0.5) is 4.39 Å². The Morgan fingerprint density at radius 2 is 2.05 bits per heavy atom. The first kappa shape index (κ1) is 17.1. The number of carbonyl (C=O) groups is 1. The molecule has 1 aromatic rings. The van der Waals surface area contributed by atoms with Gasteiger partial charge in [-0.15, -0.1) is 0 Å². The van der Waals surface area contributed by atoms with Crippen molar-refractivity contribution in [2.75, 3.05) is 6.54 Å². The van der Waals surface area contributed by atoms with Crippen LogP contribution in [0, 0.1) is 5.82 Å². The molecule has 3 nitrogen and oxygen atoms in total. The van der Waals surface area contributed by atoms with Crippen LogP contribution in [0.5, 0.6) is 0 Å². The quantitative estimate of drug-likeness (QED) is 0.857. The third-order valence-electron chi connectivity index (χ3n) is 2.76. The van der Waals surface area contributed by atoms with Gasteiger partial charge in [-0.25, -0.2) is 4.39 Å². The topological polar surface area (TPSA) is 41.1 Å². The van der Waals surface area contributed by atoms with Crippen molar-refractivity contribution in [3.63, 3.8) is 0 Å². The number of benzene rings is 1. The lowest BCUT2D eigenvalue weighted by atomic mass is 10.1. The summed E-state index contributed by atoms with van der Waals surface area (Å²) in [7, 11) is 0. The molecule has 0 bridgehead atoms. The highest BCUT2D eigenvalue weighted by Crippen LogP contribution is 2.21. The van der Waals surface area contributed by atoms with Gasteiger partial charge in [-0.05, 0) is 61.3 Å². The van der Waals surface area contributed by atoms with Gasteiger partial charge in [0.25, 0.3) is 0 Å². The van der Waals surface area contributed by atoms with E-state index in [1.807, 2.05) is 27.7 Å². The smallest absolute Gasteiger partial charge is 0.221 e. The van der Waals surface area contributed by atoms with E-state index in [1.54, 1.807) is 12.1 Å². The van der Waals surface area contributed by atoms with E-state index in [-0.39, 0.29) is 23.3 Å². The molecular weight excluding hydrogens is 323 g/mol. The summed E-state index contributed by atoms with van der Waals surface area (Å²) < 4.78 is 13.6. The molecule has 0 saturated carbocycles. The Labute approximate surface area is 128 Å². The third-order valence-corrected chi connectivity index (χ3v) is 3.37. The molecule has 1 amide bonds. The number of hydrogen-bond donors (Lipinski definition) is 2. The number of hydrogen-bond acceptors (Lipinski definition) is 2. The second kappa shape index (κ2) is 7.18. The molecule has 1 atom stereocenters. The number of nitrogens with one attached hydrogen (secondary N) is 2. The molecule has 112 valence electrons. The Balaban J connectivity index is 2.42. The maximum absolute atomic E-state index is 13.2. The second-order valence-corrected chi connectivity index (χ2v) is 6.75. The number of rotatable bonds is 5. The van der Waals surface area contributed by atoms with Crippen molar-refractivity contribution in [2.45, 2.75) is 45.7 Å². The lowest BCUT2D eigenvalue weighted by Crippen LogP contribution is -2.41. The summed E-state index contributed by atoms with van der Waals surface area (Å²) in [5.41, 5.74) is 0.777. The minimum absolute atomic E-state index is 0.0255. The van der Waals surface area contributed by atoms with E-state index in [1.165, 1.54) is 6.07 Å². The summed E-state index contributed by atoms with van der Waals surface area (Å²) in [4.78, 5) is 11.7. The lowest BCUT2D eigenvalue weighted by molar-refractivity contribution is -0.122. The maximum Gasteiger partial charge on any atom is 0.221 e. The van der Waals surface area contributed by atoms with Crippen molar-refractivity contribution in [1.29, 1.82) is 0 Å². The van der Waals surface area contributed by atoms with Crippen LogP contribution in [0.3, 0.4) is 0 Å². The summed E-state index contributed by atoms with van der Waals surface area (Å²) in [6.07, 6.45) is 0.421. The molecule has 1 rings (SSSR count). The van der Waals surface area contributed by atoms with E-state index < -0.39 is 0 Å². The van der Waals surface area contributed by atoms with Gasteiger partial charge >= 0.3 is 0 Å². The summed E-state index contributed by atoms with van der Waals surface area (Å²) >= 11 is 3.17. The monoisotopic (exact) mass is 344 g/mol. The van der Waals surface area contributed by atoms with E-state index >= 15 is 0 Å². The van der Waals surface area contributed by atoms with Gasteiger partial charge < -0.3 is 10.6 Å². The fourth-order valence-corrected chi connectivity index (χ4v) is 2.18. The minimum atomic E-state index is -0.273. The summed E-state index contributed by atoms with van der Waals surface area (Å²) in [5, 5.41) is 6.17. The molecule has 0 spiro atoms. The van der Waals surface area contributed by atoms with Crippen LogP contribution in [0.2, 0.25) is 0 Å². The molecule has 0 aliphatic carbocycles. The Morgan fingerprint density at radius 3 is 2.60 bits per heavy atom. The van der Waals surface area contributed by atoms with Crippen molar-refractivity contribution in [1.82, 2.24) is 10.6 Å². The van der Waals surface area contributed by atoms with E-state index in [4.69, 9.17) is 0 Å². The fourth-order valence-electron chi connectivity index (χ4n) is 1.78. The van der Waals surface area contributed by atoms with Crippen molar-refractivity contribution in [3.8, 4) is 0 Å². The van der Waals surface area contributed by atoms with Gasteiger partial charge in [-0.1, -0.05) is 6.07 Å². The molecule has 20 heavy (non-hydrogen) atoms. The van der Waals surface area contributed by atoms with E-state index in [2.05, 4.69) is 26.6 Å². The summed E-state index contributed by atoms with van der Waals surface area (Å²) in [6.45, 7) is 8.43. The van der Waals surface area contributed by atoms with Crippen LogP contribution < -0.4 is 10.6 Å². The van der Waals surface area contributed by atoms with Crippen molar-refractivity contribution < 1.29 is 9.18 Å². The molecule has 1 unspecified atom stereocenters. The van der Waals surface area contributed by atoms with Crippen LogP contribution in [0.15, 0.2) is 22.7 Å². The Bertz CT molecular complexity index is 471. The SMILES string of the molecule is CC(NCCC(=O)NC(C)(C)C)c1ccc(F)c(Br)c1. The average molecular weight is 345 g/mol. The molecule has 0 saturated heterocycles. The summed E-state index contributed by atoms with van der Waals surface area (Å²) in [5.74, 6) is -0.247. The first-order valence-corrected chi connectivity index (χ1v) is 7.47. The molecule has 0 aliphatic rings. The van der Waals surface area contributed by atoms with E-state index in [9.17, 15) is 9.18 Å². The van der Waals surface area contributed by atoms with Crippen molar-refractivity contribution in [3.05, 3.63) is 34.1 Å². The van der Waals surface area contributed by atoms with Crippen LogP contribution in [-0.4, -0.2) is 18.0 Å². The van der Waals surface area contributed by atoms with Gasteiger partial charge in [0.2, 0.25) is 5.91 Å². The lowest BCUT2D eigenvalue weighted by Gasteiger charge is -2.21. The zero-order valence-corrected chi connectivity index (χ0v) is 14.0. The van der Waals surface area contributed by atoms with Crippen LogP contribution in [-0.2, 0) is 4.79 Å². The molecule has 0 heterocycles. The molecule has 0 radical (unpaired) electrons. The van der Waals surface area contributed by atoms with E-state index in [0.29, 0.717) is 17.4 Å².